The summed E-state index contributed by atoms with van der Waals surface area (Å²) in [6.07, 6.45) is 4.22. The van der Waals surface area contributed by atoms with E-state index >= 15 is 0 Å². The second-order valence-corrected chi connectivity index (χ2v) is 13.9. The molecule has 4 heterocycles. The predicted molar refractivity (Wildman–Crippen MR) is 178 cm³/mol. The lowest BCUT2D eigenvalue weighted by Crippen LogP contribution is -2.58. The standard InChI is InChI=1S/C35H37BrClN3O7/c1-20(19-41)40-31-33(44)39(25-15-10-9-14-24(25)37)17-11-5-8-16-26(42)38(3)21(2)29(22-12-6-4-7-13-22)46-34(45)27-28(32(40)43)35(31)18-23(36)30(27)47-35/h4-7,9-15,18,20-21,27-31,41H,8,16-17,19H2,1-3H3/b11-5-/t20-,21+,27-,28+,29-,30-,31-,35+/m1/s1. The highest BCUT2D eigenvalue weighted by molar-refractivity contribution is 9.11. The topological polar surface area (TPSA) is 117 Å². The average molecular weight is 727 g/mol. The fourth-order valence-corrected chi connectivity index (χ4v) is 8.27. The average Bonchev–Trinajstić information content (AvgIpc) is 3.67. The number of hydrogen-bond acceptors (Lipinski definition) is 7. The Labute approximate surface area is 287 Å². The molecule has 5 bridgehead atoms. The van der Waals surface area contributed by atoms with Crippen molar-refractivity contribution in [3.8, 4) is 0 Å². The molecular weight excluding hydrogens is 690 g/mol. The number of likely N-dealkylation sites (N-methyl/N-ethyl adjacent to an activating group) is 1. The zero-order chi connectivity index (χ0) is 33.6. The molecule has 10 nitrogen and oxygen atoms in total. The van der Waals surface area contributed by atoms with Gasteiger partial charge in [-0.25, -0.2) is 0 Å². The molecule has 12 heteroatoms. The zero-order valence-corrected chi connectivity index (χ0v) is 28.6. The van der Waals surface area contributed by atoms with Crippen LogP contribution in [0.4, 0.5) is 5.69 Å². The van der Waals surface area contributed by atoms with E-state index in [1.54, 1.807) is 55.3 Å². The Kier molecular flexibility index (Phi) is 9.37. The number of allylic oxidation sites excluding steroid dienone is 1. The van der Waals surface area contributed by atoms with Crippen LogP contribution in [0.3, 0.4) is 0 Å². The quantitative estimate of drug-likeness (QED) is 0.367. The summed E-state index contributed by atoms with van der Waals surface area (Å²) < 4.78 is 13.4. The minimum absolute atomic E-state index is 0.0889. The number of carbonyl (C=O) groups is 4. The van der Waals surface area contributed by atoms with Crippen molar-refractivity contribution in [2.24, 2.45) is 11.8 Å². The third kappa shape index (κ3) is 5.60. The first-order valence-corrected chi connectivity index (χ1v) is 16.9. The molecule has 1 spiro atoms. The predicted octanol–water partition coefficient (Wildman–Crippen LogP) is 4.41. The molecule has 2 saturated heterocycles. The summed E-state index contributed by atoms with van der Waals surface area (Å²) in [6.45, 7) is 3.15. The SMILES string of the molecule is C[C@H](CO)N1C(=O)[C@@H]2[C@H]3C(=O)O[C@@H](c4ccccc4)[C@H](C)N(C)C(=O)CC/C=C\CN(c4ccccc4Cl)C(=O)[C@@H]1[C@]21C=C(Br)[C@H]3O1. The fourth-order valence-electron chi connectivity index (χ4n) is 7.30. The van der Waals surface area contributed by atoms with E-state index < -0.39 is 72.2 Å². The van der Waals surface area contributed by atoms with Crippen molar-refractivity contribution in [3.63, 3.8) is 0 Å². The van der Waals surface area contributed by atoms with Gasteiger partial charge in [-0.05, 0) is 44.0 Å². The van der Waals surface area contributed by atoms with Crippen molar-refractivity contribution in [3.05, 3.63) is 87.9 Å². The van der Waals surface area contributed by atoms with Crippen LogP contribution in [-0.4, -0.2) is 88.6 Å². The Morgan fingerprint density at radius 1 is 1.02 bits per heavy atom. The molecular formula is C35H37BrClN3O7. The summed E-state index contributed by atoms with van der Waals surface area (Å²) in [4.78, 5) is 61.4. The van der Waals surface area contributed by atoms with Gasteiger partial charge in [0, 0.05) is 24.5 Å². The van der Waals surface area contributed by atoms with Gasteiger partial charge >= 0.3 is 5.97 Å². The summed E-state index contributed by atoms with van der Waals surface area (Å²) in [5.41, 5.74) is -0.411. The number of anilines is 1. The van der Waals surface area contributed by atoms with Crippen LogP contribution in [0.1, 0.15) is 38.4 Å². The number of benzene rings is 2. The van der Waals surface area contributed by atoms with Gasteiger partial charge in [0.15, 0.2) is 0 Å². The lowest BCUT2D eigenvalue weighted by Gasteiger charge is -2.38. The van der Waals surface area contributed by atoms with Crippen molar-refractivity contribution in [2.45, 2.75) is 62.6 Å². The number of rotatable bonds is 4. The third-order valence-electron chi connectivity index (χ3n) is 9.81. The van der Waals surface area contributed by atoms with E-state index in [1.165, 1.54) is 9.80 Å². The number of amides is 3. The van der Waals surface area contributed by atoms with Crippen molar-refractivity contribution in [1.82, 2.24) is 9.80 Å². The maximum absolute atomic E-state index is 14.9. The number of aliphatic hydroxyl groups is 1. The number of esters is 1. The van der Waals surface area contributed by atoms with Gasteiger partial charge in [0.2, 0.25) is 11.8 Å². The van der Waals surface area contributed by atoms with Crippen LogP contribution in [0.5, 0.6) is 0 Å². The summed E-state index contributed by atoms with van der Waals surface area (Å²) in [6, 6.07) is 13.5. The van der Waals surface area contributed by atoms with Gasteiger partial charge in [-0.3, -0.25) is 19.2 Å². The molecule has 0 aliphatic carbocycles. The van der Waals surface area contributed by atoms with E-state index in [4.69, 9.17) is 21.1 Å². The van der Waals surface area contributed by atoms with E-state index in [0.717, 1.165) is 0 Å². The molecule has 47 heavy (non-hydrogen) atoms. The van der Waals surface area contributed by atoms with Crippen LogP contribution in [0.15, 0.2) is 77.3 Å². The molecule has 2 aromatic rings. The van der Waals surface area contributed by atoms with Crippen molar-refractivity contribution < 1.29 is 33.8 Å². The van der Waals surface area contributed by atoms with E-state index in [2.05, 4.69) is 15.9 Å². The second-order valence-electron chi connectivity index (χ2n) is 12.5. The van der Waals surface area contributed by atoms with E-state index in [0.29, 0.717) is 27.2 Å². The van der Waals surface area contributed by atoms with Crippen molar-refractivity contribution >= 4 is 56.9 Å². The number of likely N-dealkylation sites (tertiary alicyclic amines) is 1. The summed E-state index contributed by atoms with van der Waals surface area (Å²) >= 11 is 10.2. The minimum atomic E-state index is -1.53. The molecule has 248 valence electrons. The molecule has 3 amide bonds. The van der Waals surface area contributed by atoms with Gasteiger partial charge < -0.3 is 29.3 Å². The molecule has 2 fully saturated rings. The number of fused-ring (bicyclic) bond motifs is 2. The lowest BCUT2D eigenvalue weighted by molar-refractivity contribution is -0.164. The van der Waals surface area contributed by atoms with Gasteiger partial charge in [-0.2, -0.15) is 0 Å². The zero-order valence-electron chi connectivity index (χ0n) is 26.3. The fraction of sp³-hybridized carbons (Fsp3) is 0.429. The Balaban J connectivity index is 1.50. The molecule has 2 aromatic carbocycles. The first-order valence-electron chi connectivity index (χ1n) is 15.7. The molecule has 6 rings (SSSR count). The highest BCUT2D eigenvalue weighted by Gasteiger charge is 2.75. The first-order chi connectivity index (χ1) is 22.5. The number of hydrogen-bond donors (Lipinski definition) is 1. The number of halogens is 2. The van der Waals surface area contributed by atoms with Crippen molar-refractivity contribution in [2.75, 3.05) is 25.1 Å². The number of cyclic esters (lactones) is 1. The van der Waals surface area contributed by atoms with Crippen LogP contribution in [-0.2, 0) is 28.7 Å². The molecule has 4 aliphatic heterocycles. The highest BCUT2D eigenvalue weighted by atomic mass is 79.9. The van der Waals surface area contributed by atoms with Gasteiger partial charge in [-0.15, -0.1) is 0 Å². The van der Waals surface area contributed by atoms with Crippen molar-refractivity contribution in [1.29, 1.82) is 0 Å². The molecule has 4 aliphatic rings. The van der Waals surface area contributed by atoms with Gasteiger partial charge in [0.05, 0.1) is 35.3 Å². The Hall–Kier alpha value is -3.51. The van der Waals surface area contributed by atoms with E-state index in [-0.39, 0.29) is 18.9 Å². The number of nitrogens with zero attached hydrogens (tertiary/aromatic N) is 3. The van der Waals surface area contributed by atoms with E-state index in [9.17, 15) is 24.3 Å². The summed E-state index contributed by atoms with van der Waals surface area (Å²) in [7, 11) is 1.68. The van der Waals surface area contributed by atoms with E-state index in [1.807, 2.05) is 43.3 Å². The van der Waals surface area contributed by atoms with Crippen LogP contribution >= 0.6 is 27.5 Å². The number of para-hydroxylation sites is 1. The number of aliphatic hydroxyl groups excluding tert-OH is 1. The van der Waals surface area contributed by atoms with Crippen LogP contribution in [0, 0.1) is 11.8 Å². The van der Waals surface area contributed by atoms with Gasteiger partial charge in [0.1, 0.15) is 29.8 Å². The van der Waals surface area contributed by atoms with Crippen LogP contribution in [0.2, 0.25) is 5.02 Å². The molecule has 1 N–H and O–H groups in total. The highest BCUT2D eigenvalue weighted by Crippen LogP contribution is 2.59. The Bertz CT molecular complexity index is 1640. The third-order valence-corrected chi connectivity index (χ3v) is 10.8. The normalized spacial score (nSPS) is 32.7. The number of ether oxygens (including phenoxy) is 2. The first kappa shape index (κ1) is 33.4. The number of carbonyl (C=O) groups excluding carboxylic acids is 4. The van der Waals surface area contributed by atoms with Gasteiger partial charge in [-0.1, -0.05) is 82.1 Å². The Morgan fingerprint density at radius 3 is 2.43 bits per heavy atom. The molecule has 0 radical (unpaired) electrons. The largest absolute Gasteiger partial charge is 0.455 e. The minimum Gasteiger partial charge on any atom is -0.455 e. The smallest absolute Gasteiger partial charge is 0.313 e. The Morgan fingerprint density at radius 2 is 1.72 bits per heavy atom. The second kappa shape index (κ2) is 13.2. The summed E-state index contributed by atoms with van der Waals surface area (Å²) in [5, 5.41) is 10.6. The monoisotopic (exact) mass is 725 g/mol. The lowest BCUT2D eigenvalue weighted by atomic mass is 9.74. The van der Waals surface area contributed by atoms with Crippen LogP contribution in [0.25, 0.3) is 0 Å². The molecule has 0 aromatic heterocycles. The van der Waals surface area contributed by atoms with Gasteiger partial charge in [0.25, 0.3) is 5.91 Å². The molecule has 0 saturated carbocycles. The van der Waals surface area contributed by atoms with Crippen LogP contribution < -0.4 is 4.90 Å². The summed E-state index contributed by atoms with van der Waals surface area (Å²) in [5.74, 6) is -4.00. The maximum Gasteiger partial charge on any atom is 0.313 e. The molecule has 0 unspecified atom stereocenters. The molecule has 8 atom stereocenters. The maximum atomic E-state index is 14.9.